The zero-order chi connectivity index (χ0) is 10.0. The van der Waals surface area contributed by atoms with Gasteiger partial charge in [-0.05, 0) is 13.8 Å². The predicted octanol–water partition coefficient (Wildman–Crippen LogP) is -0.720. The molecule has 0 aliphatic carbocycles. The van der Waals surface area contributed by atoms with Crippen molar-refractivity contribution < 1.29 is 14.7 Å². The molecule has 74 valence electrons. The molecule has 0 aromatic rings. The summed E-state index contributed by atoms with van der Waals surface area (Å²) >= 11 is 0. The van der Waals surface area contributed by atoms with E-state index in [1.807, 2.05) is 13.8 Å². The monoisotopic (exact) mass is 186 g/mol. The van der Waals surface area contributed by atoms with Gasteiger partial charge in [-0.3, -0.25) is 4.79 Å². The van der Waals surface area contributed by atoms with E-state index in [-0.39, 0.29) is 12.1 Å². The Bertz CT molecular complexity index is 219. The molecule has 1 fully saturated rings. The van der Waals surface area contributed by atoms with Crippen molar-refractivity contribution in [2.45, 2.75) is 25.9 Å². The fourth-order valence-electron chi connectivity index (χ4n) is 1.64. The number of rotatable bonds is 0. The van der Waals surface area contributed by atoms with E-state index >= 15 is 0 Å². The average molecular weight is 186 g/mol. The Morgan fingerprint density at radius 2 is 1.77 bits per heavy atom. The van der Waals surface area contributed by atoms with Gasteiger partial charge >= 0.3 is 11.9 Å². The van der Waals surface area contributed by atoms with Crippen molar-refractivity contribution in [3.8, 4) is 0 Å². The van der Waals surface area contributed by atoms with Gasteiger partial charge in [-0.2, -0.15) is 0 Å². The molecular weight excluding hydrogens is 172 g/mol. The topological polar surface area (TPSA) is 69.6 Å². The number of hydrogen-bond donors (Lipinski definition) is 2. The first-order chi connectivity index (χ1) is 6.04. The number of carbonyl (C=O) groups is 2. The van der Waals surface area contributed by atoms with E-state index in [4.69, 9.17) is 5.11 Å². The van der Waals surface area contributed by atoms with Gasteiger partial charge in [-0.25, -0.2) is 4.79 Å². The number of aliphatic carboxylic acids is 1. The minimum absolute atomic E-state index is 0.0488. The molecule has 2 N–H and O–H groups in total. The van der Waals surface area contributed by atoms with E-state index in [0.29, 0.717) is 13.1 Å². The van der Waals surface area contributed by atoms with Crippen molar-refractivity contribution in [1.29, 1.82) is 0 Å². The molecule has 13 heavy (non-hydrogen) atoms. The molecule has 0 aromatic heterocycles. The van der Waals surface area contributed by atoms with Crippen LogP contribution in [0.4, 0.5) is 0 Å². The Hall–Kier alpha value is -1.10. The second-order valence-corrected chi connectivity index (χ2v) is 3.37. The number of carboxylic acids is 1. The third-order valence-corrected chi connectivity index (χ3v) is 2.25. The number of piperazine rings is 1. The summed E-state index contributed by atoms with van der Waals surface area (Å²) in [7, 11) is 0. The molecule has 0 aromatic carbocycles. The Morgan fingerprint density at radius 3 is 2.15 bits per heavy atom. The van der Waals surface area contributed by atoms with E-state index in [1.54, 1.807) is 0 Å². The average Bonchev–Trinajstić information content (AvgIpc) is 2.03. The maximum atomic E-state index is 11.2. The zero-order valence-electron chi connectivity index (χ0n) is 7.78. The van der Waals surface area contributed by atoms with Gasteiger partial charge in [0.15, 0.2) is 0 Å². The van der Waals surface area contributed by atoms with Gasteiger partial charge in [0.25, 0.3) is 0 Å². The van der Waals surface area contributed by atoms with Crippen LogP contribution in [0.3, 0.4) is 0 Å². The fourth-order valence-corrected chi connectivity index (χ4v) is 1.64. The van der Waals surface area contributed by atoms with Crippen LogP contribution >= 0.6 is 0 Å². The van der Waals surface area contributed by atoms with Crippen LogP contribution in [-0.4, -0.2) is 47.1 Å². The number of amides is 1. The molecule has 1 aliphatic rings. The van der Waals surface area contributed by atoms with Crippen LogP contribution < -0.4 is 5.32 Å². The highest BCUT2D eigenvalue weighted by Gasteiger charge is 2.32. The normalized spacial score (nSPS) is 28.6. The van der Waals surface area contributed by atoms with E-state index < -0.39 is 11.9 Å². The smallest absolute Gasteiger partial charge is 0.394 e. The Kier molecular flexibility index (Phi) is 2.87. The van der Waals surface area contributed by atoms with Gasteiger partial charge in [0.1, 0.15) is 0 Å². The highest BCUT2D eigenvalue weighted by atomic mass is 16.4. The van der Waals surface area contributed by atoms with E-state index in [9.17, 15) is 9.59 Å². The van der Waals surface area contributed by atoms with Crippen LogP contribution in [0.5, 0.6) is 0 Å². The van der Waals surface area contributed by atoms with Gasteiger partial charge in [-0.15, -0.1) is 0 Å². The van der Waals surface area contributed by atoms with Gasteiger partial charge in [0.05, 0.1) is 0 Å². The largest absolute Gasteiger partial charge is 0.474 e. The number of hydrogen-bond acceptors (Lipinski definition) is 3. The lowest BCUT2D eigenvalue weighted by molar-refractivity contribution is -0.159. The van der Waals surface area contributed by atoms with Gasteiger partial charge < -0.3 is 15.3 Å². The maximum absolute atomic E-state index is 11.2. The second kappa shape index (κ2) is 3.74. The van der Waals surface area contributed by atoms with Crippen molar-refractivity contribution in [2.24, 2.45) is 0 Å². The summed E-state index contributed by atoms with van der Waals surface area (Å²) in [6.45, 7) is 4.99. The van der Waals surface area contributed by atoms with Crippen molar-refractivity contribution in [1.82, 2.24) is 10.2 Å². The zero-order valence-corrected chi connectivity index (χ0v) is 7.78. The van der Waals surface area contributed by atoms with E-state index in [2.05, 4.69) is 5.32 Å². The third kappa shape index (κ3) is 1.98. The van der Waals surface area contributed by atoms with Gasteiger partial charge in [-0.1, -0.05) is 0 Å². The summed E-state index contributed by atoms with van der Waals surface area (Å²) in [5.74, 6) is -2.18. The minimum atomic E-state index is -1.37. The van der Waals surface area contributed by atoms with Crippen molar-refractivity contribution >= 4 is 11.9 Å². The molecule has 5 heteroatoms. The molecule has 0 bridgehead atoms. The number of nitrogens with one attached hydrogen (secondary N) is 1. The molecule has 0 spiro atoms. The molecule has 1 heterocycles. The van der Waals surface area contributed by atoms with Crippen LogP contribution in [0.1, 0.15) is 13.8 Å². The van der Waals surface area contributed by atoms with Crippen LogP contribution in [0.25, 0.3) is 0 Å². The predicted molar refractivity (Wildman–Crippen MR) is 46.3 cm³/mol. The molecule has 5 nitrogen and oxygen atoms in total. The lowest BCUT2D eigenvalue weighted by atomic mass is 10.1. The molecule has 1 aliphatic heterocycles. The number of carboxylic acid groups (broad SMARTS) is 1. The number of carbonyl (C=O) groups excluding carboxylic acids is 1. The maximum Gasteiger partial charge on any atom is 0.394 e. The summed E-state index contributed by atoms with van der Waals surface area (Å²) in [4.78, 5) is 23.1. The van der Waals surface area contributed by atoms with Crippen LogP contribution in [0, 0.1) is 0 Å². The molecule has 1 saturated heterocycles. The summed E-state index contributed by atoms with van der Waals surface area (Å²) in [5, 5.41) is 11.7. The first-order valence-electron chi connectivity index (χ1n) is 4.30. The molecule has 1 amide bonds. The molecule has 0 unspecified atom stereocenters. The van der Waals surface area contributed by atoms with Crippen molar-refractivity contribution in [3.63, 3.8) is 0 Å². The van der Waals surface area contributed by atoms with Crippen molar-refractivity contribution in [2.75, 3.05) is 13.1 Å². The third-order valence-electron chi connectivity index (χ3n) is 2.25. The highest BCUT2D eigenvalue weighted by molar-refractivity contribution is 6.31. The van der Waals surface area contributed by atoms with E-state index in [1.165, 1.54) is 4.90 Å². The van der Waals surface area contributed by atoms with Gasteiger partial charge in [0, 0.05) is 25.2 Å². The molecule has 0 radical (unpaired) electrons. The minimum Gasteiger partial charge on any atom is -0.474 e. The quantitative estimate of drug-likeness (QED) is 0.490. The van der Waals surface area contributed by atoms with E-state index in [0.717, 1.165) is 0 Å². The summed E-state index contributed by atoms with van der Waals surface area (Å²) in [6.07, 6.45) is 0. The Morgan fingerprint density at radius 1 is 1.31 bits per heavy atom. The lowest BCUT2D eigenvalue weighted by Crippen LogP contribution is -2.58. The summed E-state index contributed by atoms with van der Waals surface area (Å²) in [6, 6.07) is -0.0975. The summed E-state index contributed by atoms with van der Waals surface area (Å²) < 4.78 is 0. The summed E-state index contributed by atoms with van der Waals surface area (Å²) in [5.41, 5.74) is 0. The molecule has 1 rings (SSSR count). The first-order valence-corrected chi connectivity index (χ1v) is 4.30. The SMILES string of the molecule is C[C@@H]1CNC[C@H](C)N1C(=O)C(=O)O. The lowest BCUT2D eigenvalue weighted by Gasteiger charge is -2.38. The Balaban J connectivity index is 2.74. The molecule has 2 atom stereocenters. The second-order valence-electron chi connectivity index (χ2n) is 3.37. The first kappa shape index (κ1) is 9.98. The standard InChI is InChI=1S/C8H14N2O3/c1-5-3-9-4-6(2)10(5)7(11)8(12)13/h5-6,9H,3-4H2,1-2H3,(H,12,13)/t5-,6+. The van der Waals surface area contributed by atoms with Crippen LogP contribution in [0.15, 0.2) is 0 Å². The van der Waals surface area contributed by atoms with Crippen LogP contribution in [0.2, 0.25) is 0 Å². The fraction of sp³-hybridized carbons (Fsp3) is 0.750. The highest BCUT2D eigenvalue weighted by Crippen LogP contribution is 2.09. The molecule has 0 saturated carbocycles. The van der Waals surface area contributed by atoms with Crippen molar-refractivity contribution in [3.05, 3.63) is 0 Å². The Labute approximate surface area is 76.7 Å². The molecular formula is C8H14N2O3. The number of nitrogens with zero attached hydrogens (tertiary/aromatic N) is 1. The van der Waals surface area contributed by atoms with Gasteiger partial charge in [0.2, 0.25) is 0 Å². The van der Waals surface area contributed by atoms with Crippen LogP contribution in [-0.2, 0) is 9.59 Å².